The van der Waals surface area contributed by atoms with E-state index in [1.807, 2.05) is 18.2 Å². The number of hydrogen-bond donors (Lipinski definition) is 1. The average Bonchev–Trinajstić information content (AvgIpc) is 2.63. The van der Waals surface area contributed by atoms with Crippen LogP contribution < -0.4 is 5.32 Å². The zero-order chi connectivity index (χ0) is 16.8. The summed E-state index contributed by atoms with van der Waals surface area (Å²) in [5.74, 6) is 0.584. The number of anilines is 1. The summed E-state index contributed by atoms with van der Waals surface area (Å²) in [5, 5.41) is 3.33. The van der Waals surface area contributed by atoms with E-state index in [2.05, 4.69) is 41.5 Å². The van der Waals surface area contributed by atoms with Gasteiger partial charge in [0.15, 0.2) is 0 Å². The molecule has 0 fully saturated rings. The van der Waals surface area contributed by atoms with Gasteiger partial charge in [0.2, 0.25) is 0 Å². The Labute approximate surface area is 142 Å². The number of nitrogens with one attached hydrogen (secondary N) is 1. The van der Waals surface area contributed by atoms with Gasteiger partial charge in [-0.05, 0) is 42.2 Å². The molecule has 3 heteroatoms. The molecule has 0 saturated heterocycles. The van der Waals surface area contributed by atoms with E-state index in [1.165, 1.54) is 17.2 Å². The van der Waals surface area contributed by atoms with E-state index in [0.717, 1.165) is 30.8 Å². The van der Waals surface area contributed by atoms with Crippen LogP contribution in [0.3, 0.4) is 0 Å². The third-order valence-corrected chi connectivity index (χ3v) is 4.15. The van der Waals surface area contributed by atoms with E-state index >= 15 is 0 Å². The fourth-order valence-corrected chi connectivity index (χ4v) is 2.82. The molecule has 0 aliphatic rings. The summed E-state index contributed by atoms with van der Waals surface area (Å²) in [6.07, 6.45) is 3.72. The van der Waals surface area contributed by atoms with E-state index < -0.39 is 0 Å². The van der Waals surface area contributed by atoms with E-state index in [-0.39, 0.29) is 5.82 Å². The van der Waals surface area contributed by atoms with Gasteiger partial charge in [0.1, 0.15) is 11.6 Å². The van der Waals surface area contributed by atoms with Gasteiger partial charge in [-0.2, -0.15) is 0 Å². The maximum Gasteiger partial charge on any atom is 0.131 e. The van der Waals surface area contributed by atoms with Crippen LogP contribution in [0.15, 0.2) is 66.9 Å². The molecule has 1 N–H and O–H groups in total. The fraction of sp³-hybridized carbons (Fsp3) is 0.190. The van der Waals surface area contributed by atoms with Crippen molar-refractivity contribution in [3.05, 3.63) is 83.8 Å². The SMILES string of the molecule is CCc1ccccc1CCNc1ccc(-c2ccccc2F)cn1. The summed E-state index contributed by atoms with van der Waals surface area (Å²) in [5.41, 5.74) is 4.13. The summed E-state index contributed by atoms with van der Waals surface area (Å²) in [4.78, 5) is 4.39. The maximum absolute atomic E-state index is 13.8. The quantitative estimate of drug-likeness (QED) is 0.683. The van der Waals surface area contributed by atoms with Crippen molar-refractivity contribution >= 4 is 5.82 Å². The molecule has 122 valence electrons. The molecule has 24 heavy (non-hydrogen) atoms. The van der Waals surface area contributed by atoms with Crippen molar-refractivity contribution in [1.29, 1.82) is 0 Å². The number of hydrogen-bond acceptors (Lipinski definition) is 2. The summed E-state index contributed by atoms with van der Waals surface area (Å²) in [6, 6.07) is 19.1. The highest BCUT2D eigenvalue weighted by Crippen LogP contribution is 2.22. The van der Waals surface area contributed by atoms with Crippen molar-refractivity contribution < 1.29 is 4.39 Å². The molecule has 0 unspecified atom stereocenters. The van der Waals surface area contributed by atoms with Gasteiger partial charge in [-0.1, -0.05) is 49.4 Å². The standard InChI is InChI=1S/C21H21FN2/c1-2-16-7-3-4-8-17(16)13-14-23-21-12-11-18(15-24-21)19-9-5-6-10-20(19)22/h3-12,15H,2,13-14H2,1H3,(H,23,24). The molecule has 2 aromatic carbocycles. The summed E-state index contributed by atoms with van der Waals surface area (Å²) in [7, 11) is 0. The molecule has 1 heterocycles. The molecule has 0 bridgehead atoms. The lowest BCUT2D eigenvalue weighted by Crippen LogP contribution is -2.07. The number of pyridine rings is 1. The second kappa shape index (κ2) is 7.73. The van der Waals surface area contributed by atoms with E-state index in [0.29, 0.717) is 5.56 Å². The summed E-state index contributed by atoms with van der Waals surface area (Å²) in [6.45, 7) is 3.00. The largest absolute Gasteiger partial charge is 0.370 e. The normalized spacial score (nSPS) is 10.6. The highest BCUT2D eigenvalue weighted by Gasteiger charge is 2.05. The first kappa shape index (κ1) is 16.2. The van der Waals surface area contributed by atoms with Crippen LogP contribution in [0.4, 0.5) is 10.2 Å². The average molecular weight is 320 g/mol. The Kier molecular flexibility index (Phi) is 5.22. The van der Waals surface area contributed by atoms with E-state index in [9.17, 15) is 4.39 Å². The minimum absolute atomic E-state index is 0.226. The van der Waals surface area contributed by atoms with Gasteiger partial charge in [0.25, 0.3) is 0 Å². The Balaban J connectivity index is 1.62. The Hall–Kier alpha value is -2.68. The lowest BCUT2D eigenvalue weighted by Gasteiger charge is -2.10. The van der Waals surface area contributed by atoms with Crippen LogP contribution in [0, 0.1) is 5.82 Å². The second-order valence-corrected chi connectivity index (χ2v) is 5.71. The first-order valence-electron chi connectivity index (χ1n) is 8.29. The monoisotopic (exact) mass is 320 g/mol. The molecule has 0 aliphatic heterocycles. The first-order chi connectivity index (χ1) is 11.8. The van der Waals surface area contributed by atoms with Gasteiger partial charge in [-0.3, -0.25) is 0 Å². The second-order valence-electron chi connectivity index (χ2n) is 5.71. The van der Waals surface area contributed by atoms with E-state index in [4.69, 9.17) is 0 Å². The van der Waals surface area contributed by atoms with Crippen LogP contribution in [0.1, 0.15) is 18.1 Å². The molecule has 0 amide bonds. The third-order valence-electron chi connectivity index (χ3n) is 4.15. The minimum Gasteiger partial charge on any atom is -0.370 e. The molecule has 1 aromatic heterocycles. The summed E-state index contributed by atoms with van der Waals surface area (Å²) >= 11 is 0. The molecular formula is C21H21FN2. The highest BCUT2D eigenvalue weighted by molar-refractivity contribution is 5.64. The fourth-order valence-electron chi connectivity index (χ4n) is 2.82. The highest BCUT2D eigenvalue weighted by atomic mass is 19.1. The number of nitrogens with zero attached hydrogens (tertiary/aromatic N) is 1. The Morgan fingerprint density at radius 2 is 1.67 bits per heavy atom. The Morgan fingerprint density at radius 1 is 0.917 bits per heavy atom. The molecule has 0 radical (unpaired) electrons. The number of benzene rings is 2. The Bertz CT molecular complexity index is 797. The molecule has 0 saturated carbocycles. The van der Waals surface area contributed by atoms with Crippen LogP contribution in [-0.4, -0.2) is 11.5 Å². The van der Waals surface area contributed by atoms with E-state index in [1.54, 1.807) is 18.3 Å². The topological polar surface area (TPSA) is 24.9 Å². The first-order valence-corrected chi connectivity index (χ1v) is 8.29. The van der Waals surface area contributed by atoms with Gasteiger partial charge >= 0.3 is 0 Å². The van der Waals surface area contributed by atoms with Crippen molar-refractivity contribution in [3.63, 3.8) is 0 Å². The van der Waals surface area contributed by atoms with Crippen LogP contribution in [0.2, 0.25) is 0 Å². The lowest BCUT2D eigenvalue weighted by molar-refractivity contribution is 0.631. The van der Waals surface area contributed by atoms with Crippen molar-refractivity contribution in [3.8, 4) is 11.1 Å². The maximum atomic E-state index is 13.8. The van der Waals surface area contributed by atoms with Gasteiger partial charge < -0.3 is 5.32 Å². The van der Waals surface area contributed by atoms with Gasteiger partial charge in [0, 0.05) is 23.9 Å². The minimum atomic E-state index is -0.226. The van der Waals surface area contributed by atoms with Crippen molar-refractivity contribution in [2.24, 2.45) is 0 Å². The number of halogens is 1. The Morgan fingerprint density at radius 3 is 2.38 bits per heavy atom. The van der Waals surface area contributed by atoms with Gasteiger partial charge in [0.05, 0.1) is 0 Å². The van der Waals surface area contributed by atoms with Crippen LogP contribution >= 0.6 is 0 Å². The molecular weight excluding hydrogens is 299 g/mol. The van der Waals surface area contributed by atoms with Crippen molar-refractivity contribution in [1.82, 2.24) is 4.98 Å². The van der Waals surface area contributed by atoms with Gasteiger partial charge in [-0.15, -0.1) is 0 Å². The predicted molar refractivity (Wildman–Crippen MR) is 97.6 cm³/mol. The molecule has 0 spiro atoms. The van der Waals surface area contributed by atoms with Crippen molar-refractivity contribution in [2.75, 3.05) is 11.9 Å². The number of rotatable bonds is 6. The molecule has 2 nitrogen and oxygen atoms in total. The molecule has 3 rings (SSSR count). The number of aryl methyl sites for hydroxylation is 1. The van der Waals surface area contributed by atoms with Gasteiger partial charge in [-0.25, -0.2) is 9.37 Å². The zero-order valence-corrected chi connectivity index (χ0v) is 13.8. The lowest BCUT2D eigenvalue weighted by atomic mass is 10.0. The smallest absolute Gasteiger partial charge is 0.131 e. The third kappa shape index (κ3) is 3.80. The molecule has 0 aliphatic carbocycles. The molecule has 0 atom stereocenters. The van der Waals surface area contributed by atoms with Crippen LogP contribution in [0.25, 0.3) is 11.1 Å². The van der Waals surface area contributed by atoms with Crippen LogP contribution in [0.5, 0.6) is 0 Å². The van der Waals surface area contributed by atoms with Crippen molar-refractivity contribution in [2.45, 2.75) is 19.8 Å². The van der Waals surface area contributed by atoms with Crippen LogP contribution in [-0.2, 0) is 12.8 Å². The predicted octanol–water partition coefficient (Wildman–Crippen LogP) is 5.10. The zero-order valence-electron chi connectivity index (χ0n) is 13.8. The number of aromatic nitrogens is 1. The summed E-state index contributed by atoms with van der Waals surface area (Å²) < 4.78 is 13.8. The molecule has 3 aromatic rings.